The summed E-state index contributed by atoms with van der Waals surface area (Å²) in [6, 6.07) is 0. The third kappa shape index (κ3) is 62.1. The fourth-order valence-corrected chi connectivity index (χ4v) is 0. The molecule has 0 N–H and O–H groups in total. The van der Waals surface area contributed by atoms with Gasteiger partial charge in [0, 0.05) is 45.7 Å². The summed E-state index contributed by atoms with van der Waals surface area (Å²) < 4.78 is 0. The van der Waals surface area contributed by atoms with Crippen LogP contribution in [0.15, 0.2) is 0 Å². The Morgan fingerprint density at radius 1 is 0.500 bits per heavy atom. The van der Waals surface area contributed by atoms with Crippen molar-refractivity contribution in [3.63, 3.8) is 0 Å². The molecule has 6 heteroatoms. The van der Waals surface area contributed by atoms with E-state index >= 15 is 0 Å². The van der Waals surface area contributed by atoms with Crippen molar-refractivity contribution >= 4 is 0 Å². The SMILES string of the molecule is F.F.F.F.[Zn].[Zr]. The largest absolute Gasteiger partial charge is 0.269 e. The molecule has 0 spiro atoms. The molecule has 0 bridgehead atoms. The molecule has 6 heavy (non-hydrogen) atoms. The minimum absolute atomic E-state index is 0. The van der Waals surface area contributed by atoms with E-state index in [1.54, 1.807) is 0 Å². The molecule has 0 heterocycles. The summed E-state index contributed by atoms with van der Waals surface area (Å²) in [5.74, 6) is 0. The van der Waals surface area contributed by atoms with E-state index in [2.05, 4.69) is 0 Å². The van der Waals surface area contributed by atoms with Crippen molar-refractivity contribution in [2.45, 2.75) is 0 Å². The van der Waals surface area contributed by atoms with Gasteiger partial charge in [-0.3, -0.25) is 18.8 Å². The molecule has 0 saturated carbocycles. The Hall–Kier alpha value is 1.23. The number of rotatable bonds is 0. The van der Waals surface area contributed by atoms with Gasteiger partial charge in [0.1, 0.15) is 0 Å². The first-order chi connectivity index (χ1) is 0. The molecule has 0 nitrogen and oxygen atoms in total. The van der Waals surface area contributed by atoms with Crippen molar-refractivity contribution in [2.24, 2.45) is 0 Å². The topological polar surface area (TPSA) is 0 Å². The average Bonchev–Trinajstić information content (AvgIpc) is 0. The van der Waals surface area contributed by atoms with Crippen LogP contribution in [0.5, 0.6) is 0 Å². The first-order valence-electron chi connectivity index (χ1n) is 0. The molecule has 0 aliphatic heterocycles. The van der Waals surface area contributed by atoms with Crippen molar-refractivity contribution in [3.05, 3.63) is 0 Å². The first kappa shape index (κ1) is 186. The molecule has 0 unspecified atom stereocenters. The van der Waals surface area contributed by atoms with Gasteiger partial charge >= 0.3 is 0 Å². The van der Waals surface area contributed by atoms with E-state index in [-0.39, 0.29) is 64.5 Å². The van der Waals surface area contributed by atoms with Crippen LogP contribution in [-0.4, -0.2) is 0 Å². The van der Waals surface area contributed by atoms with E-state index in [0.29, 0.717) is 0 Å². The molecule has 0 saturated heterocycles. The molecule has 0 aliphatic carbocycles. The van der Waals surface area contributed by atoms with Crippen LogP contribution in [0.25, 0.3) is 0 Å². The van der Waals surface area contributed by atoms with Gasteiger partial charge < -0.3 is 0 Å². The fourth-order valence-electron chi connectivity index (χ4n) is 0. The van der Waals surface area contributed by atoms with E-state index in [4.69, 9.17) is 0 Å². The zero-order valence-corrected chi connectivity index (χ0v) is 8.27. The normalized spacial score (nSPS) is 0. The zero-order chi connectivity index (χ0) is 0. The molecule has 0 amide bonds. The Balaban J connectivity index is 0. The molecule has 0 aliphatic rings. The number of hydrogen-bond donors (Lipinski definition) is 0. The van der Waals surface area contributed by atoms with E-state index < -0.39 is 0 Å². The van der Waals surface area contributed by atoms with Crippen molar-refractivity contribution < 1.29 is 64.5 Å². The molecular weight excluding hydrogens is 233 g/mol. The Bertz CT molecular complexity index is 7.51. The monoisotopic (exact) mass is 234 g/mol. The van der Waals surface area contributed by atoms with Gasteiger partial charge in [0.25, 0.3) is 0 Å². The van der Waals surface area contributed by atoms with Gasteiger partial charge in [0.05, 0.1) is 0 Å². The van der Waals surface area contributed by atoms with Gasteiger partial charge in [-0.1, -0.05) is 0 Å². The van der Waals surface area contributed by atoms with E-state index in [0.717, 1.165) is 0 Å². The summed E-state index contributed by atoms with van der Waals surface area (Å²) in [7, 11) is 0. The second-order valence-electron chi connectivity index (χ2n) is 0. The summed E-state index contributed by atoms with van der Waals surface area (Å²) in [6.45, 7) is 0. The van der Waals surface area contributed by atoms with Crippen molar-refractivity contribution in [1.29, 1.82) is 0 Å². The smallest absolute Gasteiger partial charge is 0 e. The predicted molar refractivity (Wildman–Crippen MR) is 10.0 cm³/mol. The minimum Gasteiger partial charge on any atom is -0.269 e. The molecule has 0 fully saturated rings. The maximum Gasteiger partial charge on any atom is 0 e. The second kappa shape index (κ2) is 113. The van der Waals surface area contributed by atoms with Gasteiger partial charge in [0.15, 0.2) is 0 Å². The van der Waals surface area contributed by atoms with Crippen LogP contribution in [0, 0.1) is 0 Å². The Kier molecular flexibility index (Phi) is 3510. The summed E-state index contributed by atoms with van der Waals surface area (Å²) in [5.41, 5.74) is 0. The molecule has 0 aromatic heterocycles. The third-order valence-corrected chi connectivity index (χ3v) is 0. The quantitative estimate of drug-likeness (QED) is 0.427. The molecule has 0 atom stereocenters. The van der Waals surface area contributed by atoms with Crippen LogP contribution in [0.4, 0.5) is 18.8 Å². The van der Waals surface area contributed by atoms with Gasteiger partial charge in [0.2, 0.25) is 0 Å². The average molecular weight is 237 g/mol. The standard InChI is InChI=1S/4FH.Zn.Zr/h4*1H;;. The molecular formula is H4F4ZnZr. The van der Waals surface area contributed by atoms with Crippen LogP contribution in [0.2, 0.25) is 0 Å². The third-order valence-electron chi connectivity index (χ3n) is 0. The second-order valence-corrected chi connectivity index (χ2v) is 0. The predicted octanol–water partition coefficient (Wildman–Crippen LogP) is 0.605. The van der Waals surface area contributed by atoms with Crippen LogP contribution in [-0.2, 0) is 45.7 Å². The molecule has 0 aromatic rings. The minimum atomic E-state index is 0. The zero-order valence-electron chi connectivity index (χ0n) is 2.84. The summed E-state index contributed by atoms with van der Waals surface area (Å²) in [6.07, 6.45) is 0. The Morgan fingerprint density at radius 2 is 0.500 bits per heavy atom. The summed E-state index contributed by atoms with van der Waals surface area (Å²) in [5, 5.41) is 0. The summed E-state index contributed by atoms with van der Waals surface area (Å²) >= 11 is 0. The van der Waals surface area contributed by atoms with Crippen LogP contribution in [0.1, 0.15) is 0 Å². The Labute approximate surface area is 64.4 Å². The van der Waals surface area contributed by atoms with Gasteiger partial charge in [-0.25, -0.2) is 0 Å². The van der Waals surface area contributed by atoms with Crippen LogP contribution >= 0.6 is 0 Å². The molecule has 38 valence electrons. The van der Waals surface area contributed by atoms with E-state index in [9.17, 15) is 0 Å². The summed E-state index contributed by atoms with van der Waals surface area (Å²) in [4.78, 5) is 0. The van der Waals surface area contributed by atoms with Crippen LogP contribution in [0.3, 0.4) is 0 Å². The molecule has 0 radical (unpaired) electrons. The van der Waals surface area contributed by atoms with Crippen LogP contribution < -0.4 is 0 Å². The van der Waals surface area contributed by atoms with E-state index in [1.807, 2.05) is 0 Å². The first-order valence-corrected chi connectivity index (χ1v) is 0. The maximum atomic E-state index is 0. The van der Waals surface area contributed by atoms with E-state index in [1.165, 1.54) is 0 Å². The molecule has 0 aromatic carbocycles. The number of halogens is 4. The van der Waals surface area contributed by atoms with Gasteiger partial charge in [-0.15, -0.1) is 0 Å². The number of hydrogen-bond acceptors (Lipinski definition) is 0. The van der Waals surface area contributed by atoms with Crippen molar-refractivity contribution in [3.8, 4) is 0 Å². The van der Waals surface area contributed by atoms with Gasteiger partial charge in [-0.2, -0.15) is 0 Å². The maximum absolute atomic E-state index is 0. The Morgan fingerprint density at radius 3 is 0.500 bits per heavy atom. The fraction of sp³-hybridized carbons (Fsp3) is 0. The van der Waals surface area contributed by atoms with Crippen molar-refractivity contribution in [2.75, 3.05) is 0 Å². The van der Waals surface area contributed by atoms with Crippen molar-refractivity contribution in [1.82, 2.24) is 0 Å². The molecule has 0 rings (SSSR count). The van der Waals surface area contributed by atoms with Gasteiger partial charge in [-0.05, 0) is 0 Å².